The van der Waals surface area contributed by atoms with E-state index in [-0.39, 0.29) is 6.54 Å². The lowest BCUT2D eigenvalue weighted by atomic mass is 10.1. The lowest BCUT2D eigenvalue weighted by molar-refractivity contribution is 0.586. The predicted octanol–water partition coefficient (Wildman–Crippen LogP) is 2.46. The van der Waals surface area contributed by atoms with E-state index in [2.05, 4.69) is 4.72 Å². The Labute approximate surface area is 105 Å². The van der Waals surface area contributed by atoms with E-state index in [4.69, 9.17) is 11.6 Å². The van der Waals surface area contributed by atoms with E-state index in [0.29, 0.717) is 0 Å². The van der Waals surface area contributed by atoms with Gasteiger partial charge in [0.15, 0.2) is 0 Å². The second-order valence-electron chi connectivity index (χ2n) is 3.68. The van der Waals surface area contributed by atoms with Gasteiger partial charge in [0.25, 0.3) is 0 Å². The average Bonchev–Trinajstić information content (AvgIpc) is 2.36. The van der Waals surface area contributed by atoms with Gasteiger partial charge in [0.1, 0.15) is 5.21 Å². The molecule has 2 aromatic carbocycles. The Kier molecular flexibility index (Phi) is 3.66. The van der Waals surface area contributed by atoms with Crippen LogP contribution >= 0.6 is 11.6 Å². The van der Waals surface area contributed by atoms with Crippen molar-refractivity contribution >= 4 is 32.4 Å². The minimum absolute atomic E-state index is 0.260. The number of halogens is 1. The van der Waals surface area contributed by atoms with Gasteiger partial charge >= 0.3 is 0 Å². The monoisotopic (exact) mass is 269 g/mol. The van der Waals surface area contributed by atoms with Crippen molar-refractivity contribution in [3.8, 4) is 0 Å². The van der Waals surface area contributed by atoms with Crippen LogP contribution in [0.5, 0.6) is 0 Å². The van der Waals surface area contributed by atoms with Crippen molar-refractivity contribution < 1.29 is 8.42 Å². The normalized spacial score (nSPS) is 11.8. The number of nitrogens with one attached hydrogen (secondary N) is 1. The number of hydrogen-bond acceptors (Lipinski definition) is 2. The first kappa shape index (κ1) is 12.4. The molecule has 2 aromatic rings. The van der Waals surface area contributed by atoms with Gasteiger partial charge in [-0.2, -0.15) is 0 Å². The summed E-state index contributed by atoms with van der Waals surface area (Å²) in [5.74, 6) is 0. The van der Waals surface area contributed by atoms with E-state index in [1.54, 1.807) is 0 Å². The molecule has 0 aliphatic heterocycles. The first-order valence-corrected chi connectivity index (χ1v) is 7.31. The largest absolute Gasteiger partial charge is 0.225 e. The Bertz CT molecular complexity index is 620. The van der Waals surface area contributed by atoms with E-state index in [1.807, 2.05) is 42.5 Å². The lowest BCUT2D eigenvalue weighted by Gasteiger charge is -2.07. The van der Waals surface area contributed by atoms with Crippen LogP contribution in [0.2, 0.25) is 0 Å². The van der Waals surface area contributed by atoms with Gasteiger partial charge in [-0.25, -0.2) is 13.1 Å². The summed E-state index contributed by atoms with van der Waals surface area (Å²) in [6, 6.07) is 13.7. The number of fused-ring (bicyclic) bond motifs is 1. The first-order chi connectivity index (χ1) is 8.12. The molecule has 0 unspecified atom stereocenters. The molecule has 17 heavy (non-hydrogen) atoms. The second-order valence-corrected chi connectivity index (χ2v) is 6.07. The molecule has 2 rings (SSSR count). The van der Waals surface area contributed by atoms with Crippen LogP contribution < -0.4 is 4.72 Å². The maximum Gasteiger partial charge on any atom is 0.225 e. The Balaban J connectivity index is 2.31. The minimum atomic E-state index is -3.37. The second kappa shape index (κ2) is 5.04. The third-order valence-corrected chi connectivity index (χ3v) is 4.24. The fraction of sp³-hybridized carbons (Fsp3) is 0.167. The summed E-state index contributed by atoms with van der Waals surface area (Å²) >= 11 is 5.33. The third-order valence-electron chi connectivity index (χ3n) is 2.51. The Hall–Kier alpha value is -1.10. The van der Waals surface area contributed by atoms with Crippen molar-refractivity contribution in [1.82, 2.24) is 4.72 Å². The average molecular weight is 270 g/mol. The molecular formula is C12H12ClNO2S. The standard InChI is InChI=1S/C12H12ClNO2S/c13-9-17(15,16)14-8-11-6-3-5-10-4-1-2-7-12(10)11/h1-7,14H,8-9H2. The van der Waals surface area contributed by atoms with E-state index < -0.39 is 15.2 Å². The van der Waals surface area contributed by atoms with Crippen molar-refractivity contribution in [2.24, 2.45) is 0 Å². The van der Waals surface area contributed by atoms with Gasteiger partial charge in [-0.1, -0.05) is 42.5 Å². The van der Waals surface area contributed by atoms with Gasteiger partial charge < -0.3 is 0 Å². The number of sulfonamides is 1. The quantitative estimate of drug-likeness (QED) is 0.867. The molecule has 0 radical (unpaired) electrons. The summed E-state index contributed by atoms with van der Waals surface area (Å²) in [5, 5.41) is 1.72. The molecule has 5 heteroatoms. The van der Waals surface area contributed by atoms with Crippen molar-refractivity contribution in [3.63, 3.8) is 0 Å². The molecule has 0 fully saturated rings. The molecule has 3 nitrogen and oxygen atoms in total. The van der Waals surface area contributed by atoms with E-state index in [9.17, 15) is 8.42 Å². The summed E-state index contributed by atoms with van der Waals surface area (Å²) in [6.07, 6.45) is 0. The topological polar surface area (TPSA) is 46.2 Å². The number of benzene rings is 2. The molecule has 0 aliphatic rings. The number of rotatable bonds is 4. The molecule has 0 atom stereocenters. The molecule has 0 heterocycles. The van der Waals surface area contributed by atoms with Crippen LogP contribution in [0, 0.1) is 0 Å². The highest BCUT2D eigenvalue weighted by Gasteiger charge is 2.08. The molecule has 0 saturated carbocycles. The summed E-state index contributed by atoms with van der Waals surface area (Å²) in [7, 11) is -3.37. The molecule has 0 saturated heterocycles. The van der Waals surface area contributed by atoms with Crippen molar-refractivity contribution in [3.05, 3.63) is 48.0 Å². The van der Waals surface area contributed by atoms with Crippen molar-refractivity contribution in [1.29, 1.82) is 0 Å². The Morgan fingerprint density at radius 1 is 1.06 bits per heavy atom. The summed E-state index contributed by atoms with van der Waals surface area (Å²) < 4.78 is 25.0. The molecule has 90 valence electrons. The highest BCUT2D eigenvalue weighted by Crippen LogP contribution is 2.18. The summed E-state index contributed by atoms with van der Waals surface area (Å²) in [6.45, 7) is 0.260. The molecule has 0 bridgehead atoms. The fourth-order valence-electron chi connectivity index (χ4n) is 1.67. The van der Waals surface area contributed by atoms with Crippen LogP contribution in [0.1, 0.15) is 5.56 Å². The maximum absolute atomic E-state index is 11.3. The molecule has 1 N–H and O–H groups in total. The zero-order valence-corrected chi connectivity index (χ0v) is 10.6. The van der Waals surface area contributed by atoms with E-state index >= 15 is 0 Å². The molecule has 0 amide bonds. The molecular weight excluding hydrogens is 258 g/mol. The third kappa shape index (κ3) is 2.97. The predicted molar refractivity (Wildman–Crippen MR) is 70.4 cm³/mol. The Morgan fingerprint density at radius 2 is 1.76 bits per heavy atom. The van der Waals surface area contributed by atoms with Crippen molar-refractivity contribution in [2.75, 3.05) is 5.21 Å². The smallest absolute Gasteiger partial charge is 0.211 e. The van der Waals surface area contributed by atoms with E-state index in [0.717, 1.165) is 16.3 Å². The summed E-state index contributed by atoms with van der Waals surface area (Å²) in [4.78, 5) is 0. The summed E-state index contributed by atoms with van der Waals surface area (Å²) in [5.41, 5.74) is 0.941. The molecule has 0 aromatic heterocycles. The van der Waals surface area contributed by atoms with Gasteiger partial charge in [-0.3, -0.25) is 0 Å². The van der Waals surface area contributed by atoms with Gasteiger partial charge in [0, 0.05) is 6.54 Å². The van der Waals surface area contributed by atoms with E-state index in [1.165, 1.54) is 0 Å². The van der Waals surface area contributed by atoms with Gasteiger partial charge in [0.05, 0.1) is 0 Å². The number of hydrogen-bond donors (Lipinski definition) is 1. The van der Waals surface area contributed by atoms with Crippen LogP contribution in [0.25, 0.3) is 10.8 Å². The Morgan fingerprint density at radius 3 is 2.53 bits per heavy atom. The van der Waals surface area contributed by atoms with Gasteiger partial charge in [-0.05, 0) is 16.3 Å². The maximum atomic E-state index is 11.3. The zero-order valence-electron chi connectivity index (χ0n) is 9.06. The fourth-order valence-corrected chi connectivity index (χ4v) is 2.36. The minimum Gasteiger partial charge on any atom is -0.211 e. The zero-order chi connectivity index (χ0) is 12.3. The highest BCUT2D eigenvalue weighted by atomic mass is 35.5. The molecule has 0 aliphatic carbocycles. The van der Waals surface area contributed by atoms with Crippen LogP contribution in [0.3, 0.4) is 0 Å². The van der Waals surface area contributed by atoms with Gasteiger partial charge in [0.2, 0.25) is 10.0 Å². The first-order valence-electron chi connectivity index (χ1n) is 5.12. The van der Waals surface area contributed by atoms with Crippen LogP contribution in [-0.4, -0.2) is 13.6 Å². The highest BCUT2D eigenvalue weighted by molar-refractivity contribution is 7.90. The van der Waals surface area contributed by atoms with Crippen molar-refractivity contribution in [2.45, 2.75) is 6.54 Å². The van der Waals surface area contributed by atoms with Crippen LogP contribution in [-0.2, 0) is 16.6 Å². The SMILES string of the molecule is O=S(=O)(CCl)NCc1cccc2ccccc12. The molecule has 0 spiro atoms. The number of alkyl halides is 1. The van der Waals surface area contributed by atoms with Gasteiger partial charge in [-0.15, -0.1) is 11.6 Å². The van der Waals surface area contributed by atoms with Crippen LogP contribution in [0.4, 0.5) is 0 Å². The lowest BCUT2D eigenvalue weighted by Crippen LogP contribution is -2.23. The van der Waals surface area contributed by atoms with Crippen LogP contribution in [0.15, 0.2) is 42.5 Å².